The van der Waals surface area contributed by atoms with Crippen LogP contribution in [-0.2, 0) is 19.6 Å². The number of carboxylic acids is 1. The van der Waals surface area contributed by atoms with Crippen molar-refractivity contribution in [3.8, 4) is 0 Å². The molecule has 0 fully saturated rings. The van der Waals surface area contributed by atoms with Crippen LogP contribution in [0.2, 0.25) is 0 Å². The summed E-state index contributed by atoms with van der Waals surface area (Å²) < 4.78 is 24.4. The predicted molar refractivity (Wildman–Crippen MR) is 57.3 cm³/mol. The van der Waals surface area contributed by atoms with Crippen molar-refractivity contribution < 1.29 is 23.1 Å². The molecule has 0 aromatic rings. The van der Waals surface area contributed by atoms with Gasteiger partial charge in [-0.05, 0) is 13.8 Å². The van der Waals surface area contributed by atoms with E-state index in [1.165, 1.54) is 7.05 Å². The van der Waals surface area contributed by atoms with E-state index >= 15 is 0 Å². The third-order valence-electron chi connectivity index (χ3n) is 1.89. The second-order valence-corrected chi connectivity index (χ2v) is 5.74. The lowest BCUT2D eigenvalue weighted by molar-refractivity contribution is -0.134. The molecule has 0 aromatic carbocycles. The van der Waals surface area contributed by atoms with Crippen LogP contribution >= 0.6 is 0 Å². The molecule has 8 heteroatoms. The summed E-state index contributed by atoms with van der Waals surface area (Å²) >= 11 is 0. The molecule has 0 unspecified atom stereocenters. The monoisotopic (exact) mass is 252 g/mol. The lowest BCUT2D eigenvalue weighted by atomic mass is 9.93. The summed E-state index contributed by atoms with van der Waals surface area (Å²) in [6, 6.07) is 0. The molecule has 0 radical (unpaired) electrons. The number of amides is 1. The average molecular weight is 252 g/mol. The van der Waals surface area contributed by atoms with E-state index in [2.05, 4.69) is 10.0 Å². The molecule has 3 N–H and O–H groups in total. The smallest absolute Gasteiger partial charge is 0.320 e. The number of hydrogen-bond acceptors (Lipinski definition) is 4. The minimum absolute atomic E-state index is 0.151. The Morgan fingerprint density at radius 3 is 2.19 bits per heavy atom. The topological polar surface area (TPSA) is 113 Å². The third kappa shape index (κ3) is 5.08. The van der Waals surface area contributed by atoms with Crippen molar-refractivity contribution in [3.63, 3.8) is 0 Å². The standard InChI is InChI=1S/C8H16N2O5S/c1-8(2,7(13)9-3)5-10-16(14,15)4-6(11)12/h10H,4-5H2,1-3H3,(H,9,13)(H,11,12). The summed E-state index contributed by atoms with van der Waals surface area (Å²) in [6.45, 7) is 2.95. The van der Waals surface area contributed by atoms with Crippen LogP contribution in [0.1, 0.15) is 13.8 Å². The summed E-state index contributed by atoms with van der Waals surface area (Å²) in [6.07, 6.45) is 0. The molecule has 0 saturated carbocycles. The summed E-state index contributed by atoms with van der Waals surface area (Å²) in [4.78, 5) is 21.5. The van der Waals surface area contributed by atoms with E-state index in [0.717, 1.165) is 0 Å². The Morgan fingerprint density at radius 2 is 1.81 bits per heavy atom. The molecule has 0 spiro atoms. The summed E-state index contributed by atoms with van der Waals surface area (Å²) in [5, 5.41) is 10.7. The Kier molecular flexibility index (Phi) is 4.88. The third-order valence-corrected chi connectivity index (χ3v) is 3.10. The highest BCUT2D eigenvalue weighted by Crippen LogP contribution is 2.13. The fourth-order valence-electron chi connectivity index (χ4n) is 0.923. The maximum absolute atomic E-state index is 11.3. The molecule has 0 atom stereocenters. The van der Waals surface area contributed by atoms with Gasteiger partial charge in [-0.1, -0.05) is 0 Å². The lowest BCUT2D eigenvalue weighted by Gasteiger charge is -2.22. The van der Waals surface area contributed by atoms with E-state index in [0.29, 0.717) is 0 Å². The van der Waals surface area contributed by atoms with Crippen LogP contribution < -0.4 is 10.0 Å². The largest absolute Gasteiger partial charge is 0.480 e. The van der Waals surface area contributed by atoms with Crippen molar-refractivity contribution in [3.05, 3.63) is 0 Å². The number of carboxylic acid groups (broad SMARTS) is 1. The van der Waals surface area contributed by atoms with Gasteiger partial charge in [-0.25, -0.2) is 13.1 Å². The number of carbonyl (C=O) groups is 2. The zero-order chi connectivity index (χ0) is 13.0. The molecule has 1 amide bonds. The van der Waals surface area contributed by atoms with Crippen LogP contribution in [0.25, 0.3) is 0 Å². The van der Waals surface area contributed by atoms with Crippen LogP contribution in [0.5, 0.6) is 0 Å². The van der Waals surface area contributed by atoms with Crippen LogP contribution in [-0.4, -0.2) is 44.7 Å². The molecular weight excluding hydrogens is 236 g/mol. The first kappa shape index (κ1) is 14.8. The second kappa shape index (κ2) is 5.26. The Bertz CT molecular complexity index is 374. The van der Waals surface area contributed by atoms with Crippen molar-refractivity contribution in [1.82, 2.24) is 10.0 Å². The van der Waals surface area contributed by atoms with Gasteiger partial charge in [0.05, 0.1) is 5.41 Å². The van der Waals surface area contributed by atoms with Gasteiger partial charge >= 0.3 is 5.97 Å². The number of rotatable bonds is 6. The molecule has 0 aromatic heterocycles. The first-order valence-electron chi connectivity index (χ1n) is 4.52. The summed E-state index contributed by atoms with van der Waals surface area (Å²) in [5.41, 5.74) is -0.930. The highest BCUT2D eigenvalue weighted by Gasteiger charge is 2.28. The van der Waals surface area contributed by atoms with E-state index in [1.807, 2.05) is 0 Å². The molecule has 0 saturated heterocycles. The van der Waals surface area contributed by atoms with Gasteiger partial charge in [0.25, 0.3) is 0 Å². The van der Waals surface area contributed by atoms with Crippen molar-refractivity contribution in [2.45, 2.75) is 13.8 Å². The average Bonchev–Trinajstić information content (AvgIpc) is 2.12. The molecule has 16 heavy (non-hydrogen) atoms. The van der Waals surface area contributed by atoms with Gasteiger partial charge in [0.15, 0.2) is 5.75 Å². The quantitative estimate of drug-likeness (QED) is 0.547. The van der Waals surface area contributed by atoms with Gasteiger partial charge in [0.2, 0.25) is 15.9 Å². The maximum Gasteiger partial charge on any atom is 0.320 e. The molecule has 0 bridgehead atoms. The molecule has 0 rings (SSSR count). The SMILES string of the molecule is CNC(=O)C(C)(C)CNS(=O)(=O)CC(=O)O. The van der Waals surface area contributed by atoms with Crippen LogP contribution in [0, 0.1) is 5.41 Å². The Morgan fingerprint density at radius 1 is 1.31 bits per heavy atom. The fraction of sp³-hybridized carbons (Fsp3) is 0.750. The van der Waals surface area contributed by atoms with Crippen LogP contribution in [0.4, 0.5) is 0 Å². The van der Waals surface area contributed by atoms with Gasteiger partial charge in [0, 0.05) is 13.6 Å². The molecule has 0 aliphatic carbocycles. The predicted octanol–water partition coefficient (Wildman–Crippen LogP) is -1.24. The Labute approximate surface area is 94.3 Å². The molecule has 0 aliphatic heterocycles. The Hall–Kier alpha value is -1.15. The Balaban J connectivity index is 4.45. The zero-order valence-corrected chi connectivity index (χ0v) is 10.2. The van der Waals surface area contributed by atoms with E-state index in [-0.39, 0.29) is 12.5 Å². The zero-order valence-electron chi connectivity index (χ0n) is 9.40. The first-order chi connectivity index (χ1) is 7.10. The van der Waals surface area contributed by atoms with Crippen LogP contribution in [0.15, 0.2) is 0 Å². The number of hydrogen-bond donors (Lipinski definition) is 3. The van der Waals surface area contributed by atoms with Crippen LogP contribution in [0.3, 0.4) is 0 Å². The highest BCUT2D eigenvalue weighted by molar-refractivity contribution is 7.90. The lowest BCUT2D eigenvalue weighted by Crippen LogP contribution is -2.44. The van der Waals surface area contributed by atoms with Gasteiger partial charge in [-0.3, -0.25) is 9.59 Å². The van der Waals surface area contributed by atoms with Crippen molar-refractivity contribution >= 4 is 21.9 Å². The fourth-order valence-corrected chi connectivity index (χ4v) is 1.93. The van der Waals surface area contributed by atoms with Crippen molar-refractivity contribution in [2.24, 2.45) is 5.41 Å². The number of nitrogens with one attached hydrogen (secondary N) is 2. The van der Waals surface area contributed by atoms with Crippen molar-refractivity contribution in [1.29, 1.82) is 0 Å². The second-order valence-electron chi connectivity index (χ2n) is 3.94. The van der Waals surface area contributed by atoms with E-state index in [1.54, 1.807) is 13.8 Å². The molecule has 7 nitrogen and oxygen atoms in total. The normalized spacial score (nSPS) is 12.2. The van der Waals surface area contributed by atoms with E-state index < -0.39 is 27.2 Å². The van der Waals surface area contributed by atoms with E-state index in [4.69, 9.17) is 5.11 Å². The molecule has 0 aliphatic rings. The number of sulfonamides is 1. The molecule has 94 valence electrons. The van der Waals surface area contributed by atoms with Crippen molar-refractivity contribution in [2.75, 3.05) is 19.3 Å². The number of aliphatic carboxylic acids is 1. The maximum atomic E-state index is 11.3. The summed E-state index contributed by atoms with van der Waals surface area (Å²) in [5.74, 6) is -2.77. The van der Waals surface area contributed by atoms with E-state index in [9.17, 15) is 18.0 Å². The molecule has 0 heterocycles. The highest BCUT2D eigenvalue weighted by atomic mass is 32.2. The van der Waals surface area contributed by atoms with Gasteiger partial charge in [-0.2, -0.15) is 0 Å². The first-order valence-corrected chi connectivity index (χ1v) is 6.17. The minimum atomic E-state index is -3.89. The molecular formula is C8H16N2O5S. The van der Waals surface area contributed by atoms with Gasteiger partial charge in [-0.15, -0.1) is 0 Å². The minimum Gasteiger partial charge on any atom is -0.480 e. The van der Waals surface area contributed by atoms with Gasteiger partial charge in [0.1, 0.15) is 0 Å². The summed E-state index contributed by atoms with van der Waals surface area (Å²) in [7, 11) is -2.44. The number of carbonyl (C=O) groups excluding carboxylic acids is 1. The van der Waals surface area contributed by atoms with Gasteiger partial charge < -0.3 is 10.4 Å².